The number of hydrogen-bond donors (Lipinski definition) is 1. The Morgan fingerprint density at radius 3 is 1.92 bits per heavy atom. The molecule has 0 spiro atoms. The van der Waals surface area contributed by atoms with Crippen molar-refractivity contribution >= 4 is 19.4 Å². The zero-order chi connectivity index (χ0) is 26.9. The number of rotatable bonds is 19. The lowest BCUT2D eigenvalue weighted by Gasteiger charge is -2.23. The summed E-state index contributed by atoms with van der Waals surface area (Å²) >= 11 is 0. The molecule has 0 radical (unpaired) electrons. The fourth-order valence-corrected chi connectivity index (χ4v) is 5.16. The van der Waals surface area contributed by atoms with Gasteiger partial charge >= 0.3 is 13.7 Å². The number of nitro groups is 1. The minimum absolute atomic E-state index is 0.0864. The van der Waals surface area contributed by atoms with Crippen molar-refractivity contribution in [1.29, 1.82) is 0 Å². The summed E-state index contributed by atoms with van der Waals surface area (Å²) in [7, 11) is -4.10. The van der Waals surface area contributed by atoms with Gasteiger partial charge in [0.05, 0.1) is 11.5 Å². The maximum atomic E-state index is 13.5. The second-order valence-corrected chi connectivity index (χ2v) is 10.6. The maximum Gasteiger partial charge on any atom is 0.513 e. The molecule has 0 bridgehead atoms. The van der Waals surface area contributed by atoms with Crippen LogP contribution in [0.15, 0.2) is 54.6 Å². The molecule has 0 saturated heterocycles. The van der Waals surface area contributed by atoms with Crippen molar-refractivity contribution in [2.24, 2.45) is 0 Å². The van der Waals surface area contributed by atoms with E-state index in [0.29, 0.717) is 0 Å². The highest BCUT2D eigenvalue weighted by Gasteiger charge is 2.34. The van der Waals surface area contributed by atoms with Gasteiger partial charge in [-0.25, -0.2) is 4.57 Å². The quantitative estimate of drug-likeness (QED) is 0.0643. The van der Waals surface area contributed by atoms with E-state index < -0.39 is 24.7 Å². The number of benzene rings is 2. The number of nitro benzene ring substituents is 1. The Morgan fingerprint density at radius 1 is 0.865 bits per heavy atom. The summed E-state index contributed by atoms with van der Waals surface area (Å²) < 4.78 is 30.1. The first-order chi connectivity index (χ1) is 17.8. The molecular formula is C27H39N2O7P. The molecule has 0 aromatic heterocycles. The number of carbonyl (C=O) groups is 1. The summed E-state index contributed by atoms with van der Waals surface area (Å²) in [6, 6.07) is 12.5. The van der Waals surface area contributed by atoms with E-state index in [1.807, 2.05) is 0 Å². The summed E-state index contributed by atoms with van der Waals surface area (Å²) in [5.41, 5.74) is -0.136. The van der Waals surface area contributed by atoms with Crippen LogP contribution < -0.4 is 14.1 Å². The lowest BCUT2D eigenvalue weighted by molar-refractivity contribution is -0.384. The van der Waals surface area contributed by atoms with Crippen molar-refractivity contribution in [3.05, 3.63) is 64.7 Å². The Labute approximate surface area is 219 Å². The van der Waals surface area contributed by atoms with Gasteiger partial charge in [-0.1, -0.05) is 82.9 Å². The molecule has 2 rings (SSSR count). The highest BCUT2D eigenvalue weighted by Crippen LogP contribution is 2.45. The number of non-ortho nitro benzene ring substituents is 1. The van der Waals surface area contributed by atoms with E-state index in [9.17, 15) is 19.5 Å². The minimum atomic E-state index is -4.10. The van der Waals surface area contributed by atoms with Crippen molar-refractivity contribution in [2.45, 2.75) is 84.1 Å². The van der Waals surface area contributed by atoms with E-state index in [1.165, 1.54) is 76.1 Å². The van der Waals surface area contributed by atoms with Gasteiger partial charge in [0.15, 0.2) is 0 Å². The molecule has 2 aromatic rings. The van der Waals surface area contributed by atoms with E-state index in [4.69, 9.17) is 13.8 Å². The number of hydrogen-bond acceptors (Lipinski definition) is 7. The molecule has 0 aliphatic rings. The first kappa shape index (κ1) is 30.3. The lowest BCUT2D eigenvalue weighted by atomic mass is 10.1. The standard InChI is InChI=1S/C27H39N2O7P/c1-3-4-5-6-7-8-9-10-11-15-22-34-27(30)23(2)28-37(33,35-25-16-13-12-14-17-25)36-26-20-18-24(19-21-26)29(31)32/h12-14,16-21,23H,3-11,15,22H2,1-2H3,(H,28,33)/t23-,37?/m0/s1. The van der Waals surface area contributed by atoms with Crippen LogP contribution in [0.4, 0.5) is 5.69 Å². The minimum Gasteiger partial charge on any atom is -0.465 e. The van der Waals surface area contributed by atoms with Gasteiger partial charge in [0, 0.05) is 12.1 Å². The zero-order valence-corrected chi connectivity index (χ0v) is 22.7. The molecule has 0 heterocycles. The van der Waals surface area contributed by atoms with E-state index in [-0.39, 0.29) is 23.8 Å². The number of nitrogens with one attached hydrogen (secondary N) is 1. The number of carbonyl (C=O) groups excluding carboxylic acids is 1. The van der Waals surface area contributed by atoms with Crippen molar-refractivity contribution < 1.29 is 28.1 Å². The molecule has 9 nitrogen and oxygen atoms in total. The van der Waals surface area contributed by atoms with E-state index >= 15 is 0 Å². The third-order valence-corrected chi connectivity index (χ3v) is 7.30. The van der Waals surface area contributed by atoms with Crippen molar-refractivity contribution in [3.63, 3.8) is 0 Å². The number of nitrogens with zero attached hydrogens (tertiary/aromatic N) is 1. The molecule has 37 heavy (non-hydrogen) atoms. The first-order valence-corrected chi connectivity index (χ1v) is 14.6. The smallest absolute Gasteiger partial charge is 0.465 e. The van der Waals surface area contributed by atoms with Crippen LogP contribution in [0.3, 0.4) is 0 Å². The second kappa shape index (κ2) is 16.8. The normalized spacial score (nSPS) is 13.4. The van der Waals surface area contributed by atoms with Crippen LogP contribution in [0.5, 0.6) is 11.5 Å². The highest BCUT2D eigenvalue weighted by atomic mass is 31.2. The SMILES string of the molecule is CCCCCCCCCCCCOC(=O)[C@H](C)NP(=O)(Oc1ccccc1)Oc1ccc([N+](=O)[O-])cc1. The Bertz CT molecular complexity index is 986. The van der Waals surface area contributed by atoms with Gasteiger partial charge in [0.1, 0.15) is 17.5 Å². The van der Waals surface area contributed by atoms with Gasteiger partial charge in [-0.15, -0.1) is 0 Å². The van der Waals surface area contributed by atoms with Gasteiger partial charge in [0.2, 0.25) is 0 Å². The number of esters is 1. The van der Waals surface area contributed by atoms with E-state index in [1.54, 1.807) is 30.3 Å². The third kappa shape index (κ3) is 12.3. The summed E-state index contributed by atoms with van der Waals surface area (Å²) in [4.78, 5) is 22.9. The lowest BCUT2D eigenvalue weighted by Crippen LogP contribution is -2.36. The van der Waals surface area contributed by atoms with Gasteiger partial charge < -0.3 is 13.8 Å². The fraction of sp³-hybridized carbons (Fsp3) is 0.519. The zero-order valence-electron chi connectivity index (χ0n) is 21.8. The Hall–Kier alpha value is -2.90. The summed E-state index contributed by atoms with van der Waals surface area (Å²) in [6.45, 7) is 4.02. The molecule has 1 unspecified atom stereocenters. The predicted molar refractivity (Wildman–Crippen MR) is 144 cm³/mol. The molecule has 2 atom stereocenters. The number of unbranched alkanes of at least 4 members (excludes halogenated alkanes) is 9. The largest absolute Gasteiger partial charge is 0.513 e. The van der Waals surface area contributed by atoms with Crippen LogP contribution >= 0.6 is 7.75 Å². The van der Waals surface area contributed by atoms with Crippen LogP contribution in [-0.2, 0) is 14.1 Å². The Balaban J connectivity index is 1.83. The van der Waals surface area contributed by atoms with Gasteiger partial charge in [-0.3, -0.25) is 14.9 Å². The van der Waals surface area contributed by atoms with Crippen LogP contribution in [0, 0.1) is 10.1 Å². The van der Waals surface area contributed by atoms with Crippen molar-refractivity contribution in [1.82, 2.24) is 5.09 Å². The topological polar surface area (TPSA) is 117 Å². The number of ether oxygens (including phenoxy) is 1. The van der Waals surface area contributed by atoms with Gasteiger partial charge in [0.25, 0.3) is 5.69 Å². The van der Waals surface area contributed by atoms with Crippen LogP contribution in [0.2, 0.25) is 0 Å². The molecule has 204 valence electrons. The predicted octanol–water partition coefficient (Wildman–Crippen LogP) is 7.60. The van der Waals surface area contributed by atoms with Gasteiger partial charge in [-0.2, -0.15) is 5.09 Å². The Kier molecular flexibility index (Phi) is 13.7. The number of para-hydroxylation sites is 1. The molecule has 1 N–H and O–H groups in total. The van der Waals surface area contributed by atoms with Crippen LogP contribution in [0.25, 0.3) is 0 Å². The van der Waals surface area contributed by atoms with E-state index in [2.05, 4.69) is 12.0 Å². The summed E-state index contributed by atoms with van der Waals surface area (Å²) in [5, 5.41) is 13.5. The second-order valence-electron chi connectivity index (χ2n) is 8.94. The third-order valence-electron chi connectivity index (χ3n) is 5.69. The molecular weight excluding hydrogens is 495 g/mol. The molecule has 0 aliphatic carbocycles. The average molecular weight is 535 g/mol. The molecule has 2 aromatic carbocycles. The maximum absolute atomic E-state index is 13.5. The highest BCUT2D eigenvalue weighted by molar-refractivity contribution is 7.52. The van der Waals surface area contributed by atoms with E-state index in [0.717, 1.165) is 19.3 Å². The summed E-state index contributed by atoms with van der Waals surface area (Å²) in [5.74, 6) is -0.213. The molecule has 10 heteroatoms. The van der Waals surface area contributed by atoms with Crippen molar-refractivity contribution in [2.75, 3.05) is 6.61 Å². The molecule has 0 fully saturated rings. The Morgan fingerprint density at radius 2 is 1.38 bits per heavy atom. The van der Waals surface area contributed by atoms with Crippen molar-refractivity contribution in [3.8, 4) is 11.5 Å². The summed E-state index contributed by atoms with van der Waals surface area (Å²) in [6.07, 6.45) is 11.8. The average Bonchev–Trinajstić information content (AvgIpc) is 2.87. The fourth-order valence-electron chi connectivity index (χ4n) is 3.64. The molecule has 0 saturated carbocycles. The van der Waals surface area contributed by atoms with Gasteiger partial charge in [-0.05, 0) is 37.6 Å². The van der Waals surface area contributed by atoms with Crippen LogP contribution in [-0.4, -0.2) is 23.5 Å². The molecule has 0 aliphatic heterocycles. The first-order valence-electron chi connectivity index (χ1n) is 13.1. The monoisotopic (exact) mass is 534 g/mol. The van der Waals surface area contributed by atoms with Crippen LogP contribution in [0.1, 0.15) is 78.1 Å². The molecule has 0 amide bonds.